The molecule has 2 heterocycles. The number of rotatable bonds is 5. The van der Waals surface area contributed by atoms with E-state index in [1.54, 1.807) is 23.0 Å². The molecule has 2 aromatic heterocycles. The Morgan fingerprint density at radius 3 is 2.73 bits per heavy atom. The smallest absolute Gasteiger partial charge is 0.264 e. The Bertz CT molecular complexity index is 1080. The number of nitro groups is 1. The van der Waals surface area contributed by atoms with Crippen LogP contribution in [0.4, 0.5) is 5.69 Å². The Labute approximate surface area is 152 Å². The van der Waals surface area contributed by atoms with E-state index in [4.69, 9.17) is 0 Å². The minimum Gasteiger partial charge on any atom is -0.264 e. The molecule has 0 spiro atoms. The van der Waals surface area contributed by atoms with Gasteiger partial charge in [-0.3, -0.25) is 15.1 Å². The van der Waals surface area contributed by atoms with E-state index in [1.165, 1.54) is 24.0 Å². The summed E-state index contributed by atoms with van der Waals surface area (Å²) in [5.41, 5.74) is 1.11. The zero-order valence-electron chi connectivity index (χ0n) is 13.4. The summed E-state index contributed by atoms with van der Waals surface area (Å²) in [4.78, 5) is 15.7. The summed E-state index contributed by atoms with van der Waals surface area (Å²) in [6.45, 7) is 0.544. The predicted molar refractivity (Wildman–Crippen MR) is 95.9 cm³/mol. The fourth-order valence-corrected chi connectivity index (χ4v) is 3.52. The van der Waals surface area contributed by atoms with Gasteiger partial charge in [-0.2, -0.15) is 0 Å². The first-order chi connectivity index (χ1) is 12.7. The molecule has 128 valence electrons. The quantitative estimate of drug-likeness (QED) is 0.395. The summed E-state index contributed by atoms with van der Waals surface area (Å²) in [7, 11) is 0. The molecule has 0 N–H and O–H groups in total. The van der Waals surface area contributed by atoms with Crippen LogP contribution in [-0.2, 0) is 6.54 Å². The van der Waals surface area contributed by atoms with Crippen LogP contribution in [0.25, 0.3) is 10.8 Å². The molecule has 0 amide bonds. The van der Waals surface area contributed by atoms with Crippen LogP contribution in [-0.4, -0.2) is 30.1 Å². The normalized spacial score (nSPS) is 10.9. The van der Waals surface area contributed by atoms with E-state index in [0.717, 1.165) is 15.8 Å². The Kier molecular flexibility index (Phi) is 4.28. The van der Waals surface area contributed by atoms with Crippen molar-refractivity contribution in [1.29, 1.82) is 0 Å². The van der Waals surface area contributed by atoms with E-state index in [2.05, 4.69) is 20.5 Å². The Morgan fingerprint density at radius 2 is 1.92 bits per heavy atom. The molecule has 0 bridgehead atoms. The van der Waals surface area contributed by atoms with Crippen molar-refractivity contribution in [1.82, 2.24) is 25.2 Å². The van der Waals surface area contributed by atoms with Gasteiger partial charge in [-0.05, 0) is 39.9 Å². The molecule has 0 aliphatic carbocycles. The number of non-ortho nitro benzene ring substituents is 1. The van der Waals surface area contributed by atoms with Gasteiger partial charge in [0.2, 0.25) is 5.16 Å². The zero-order valence-corrected chi connectivity index (χ0v) is 14.2. The van der Waals surface area contributed by atoms with Gasteiger partial charge >= 0.3 is 0 Å². The van der Waals surface area contributed by atoms with E-state index < -0.39 is 4.92 Å². The number of aromatic nitrogens is 5. The molecule has 9 heteroatoms. The molecule has 0 atom stereocenters. The van der Waals surface area contributed by atoms with Gasteiger partial charge in [0.05, 0.1) is 16.9 Å². The topological polar surface area (TPSA) is 99.6 Å². The van der Waals surface area contributed by atoms with Crippen LogP contribution in [0.2, 0.25) is 0 Å². The SMILES string of the molecule is O=[N+]([O-])c1ccc(Sc2nnnn2Cc2ccccc2)c2ccncc12. The van der Waals surface area contributed by atoms with Gasteiger partial charge in [0.15, 0.2) is 0 Å². The standard InChI is InChI=1S/C17H12N6O2S/c24-23(25)15-6-7-16(13-8-9-18-10-14(13)15)26-17-19-20-21-22(17)11-12-4-2-1-3-5-12/h1-10H,11H2. The minimum atomic E-state index is -0.405. The number of hydrogen-bond donors (Lipinski definition) is 0. The van der Waals surface area contributed by atoms with Gasteiger partial charge in [-0.15, -0.1) is 5.10 Å². The molecule has 0 fully saturated rings. The fraction of sp³-hybridized carbons (Fsp3) is 0.0588. The van der Waals surface area contributed by atoms with Gasteiger partial charge in [0.1, 0.15) is 0 Å². The summed E-state index contributed by atoms with van der Waals surface area (Å²) in [6.07, 6.45) is 3.12. The zero-order chi connectivity index (χ0) is 17.9. The Morgan fingerprint density at radius 1 is 1.08 bits per heavy atom. The molecule has 26 heavy (non-hydrogen) atoms. The maximum Gasteiger partial charge on any atom is 0.278 e. The third kappa shape index (κ3) is 3.11. The van der Waals surface area contributed by atoms with Crippen molar-refractivity contribution in [2.75, 3.05) is 0 Å². The van der Waals surface area contributed by atoms with E-state index in [9.17, 15) is 10.1 Å². The minimum absolute atomic E-state index is 0.0290. The van der Waals surface area contributed by atoms with Crippen molar-refractivity contribution in [3.05, 3.63) is 76.6 Å². The van der Waals surface area contributed by atoms with Gasteiger partial charge < -0.3 is 0 Å². The molecule has 0 saturated carbocycles. The number of hydrogen-bond acceptors (Lipinski definition) is 7. The van der Waals surface area contributed by atoms with Gasteiger partial charge in [0, 0.05) is 28.7 Å². The van der Waals surface area contributed by atoms with Crippen LogP contribution >= 0.6 is 11.8 Å². The second kappa shape index (κ2) is 6.89. The van der Waals surface area contributed by atoms with Crippen molar-refractivity contribution < 1.29 is 4.92 Å². The van der Waals surface area contributed by atoms with Crippen LogP contribution in [0.5, 0.6) is 0 Å². The molecule has 0 aliphatic rings. The highest BCUT2D eigenvalue weighted by Gasteiger charge is 2.17. The van der Waals surface area contributed by atoms with Crippen molar-refractivity contribution in [3.63, 3.8) is 0 Å². The van der Waals surface area contributed by atoms with E-state index in [1.807, 2.05) is 30.3 Å². The third-order valence-corrected chi connectivity index (χ3v) is 4.88. The van der Waals surface area contributed by atoms with Crippen molar-refractivity contribution in [2.45, 2.75) is 16.6 Å². The van der Waals surface area contributed by atoms with Crippen LogP contribution in [0.1, 0.15) is 5.56 Å². The van der Waals surface area contributed by atoms with Crippen LogP contribution in [0.3, 0.4) is 0 Å². The molecular formula is C17H12N6O2S. The molecule has 4 aromatic rings. The summed E-state index contributed by atoms with van der Waals surface area (Å²) in [5.74, 6) is 0. The lowest BCUT2D eigenvalue weighted by Gasteiger charge is -2.07. The Hall–Kier alpha value is -3.33. The van der Waals surface area contributed by atoms with Gasteiger partial charge in [-0.1, -0.05) is 30.3 Å². The number of nitro benzene ring substituents is 1. The lowest BCUT2D eigenvalue weighted by Crippen LogP contribution is -2.03. The molecule has 0 radical (unpaired) electrons. The number of tetrazole rings is 1. The molecule has 8 nitrogen and oxygen atoms in total. The lowest BCUT2D eigenvalue weighted by molar-refractivity contribution is -0.383. The fourth-order valence-electron chi connectivity index (χ4n) is 2.62. The monoisotopic (exact) mass is 364 g/mol. The maximum atomic E-state index is 11.2. The number of fused-ring (bicyclic) bond motifs is 1. The number of benzene rings is 2. The van der Waals surface area contributed by atoms with Crippen LogP contribution in [0, 0.1) is 10.1 Å². The second-order valence-corrected chi connectivity index (χ2v) is 6.48. The summed E-state index contributed by atoms with van der Waals surface area (Å²) >= 11 is 1.37. The highest BCUT2D eigenvalue weighted by Crippen LogP contribution is 2.36. The van der Waals surface area contributed by atoms with Crippen molar-refractivity contribution in [2.24, 2.45) is 0 Å². The summed E-state index contributed by atoms with van der Waals surface area (Å²) in [5, 5.41) is 25.0. The second-order valence-electron chi connectivity index (χ2n) is 5.47. The molecule has 4 rings (SSSR count). The first-order valence-corrected chi connectivity index (χ1v) is 8.53. The molecule has 0 saturated heterocycles. The van der Waals surface area contributed by atoms with Gasteiger partial charge in [-0.25, -0.2) is 4.68 Å². The molecular weight excluding hydrogens is 352 g/mol. The lowest BCUT2D eigenvalue weighted by atomic mass is 10.1. The Balaban J connectivity index is 1.70. The van der Waals surface area contributed by atoms with Crippen LogP contribution < -0.4 is 0 Å². The van der Waals surface area contributed by atoms with E-state index in [0.29, 0.717) is 17.1 Å². The predicted octanol–water partition coefficient (Wildman–Crippen LogP) is 3.33. The third-order valence-electron chi connectivity index (χ3n) is 3.83. The largest absolute Gasteiger partial charge is 0.278 e. The maximum absolute atomic E-state index is 11.2. The highest BCUT2D eigenvalue weighted by atomic mass is 32.2. The van der Waals surface area contributed by atoms with Crippen molar-refractivity contribution >= 4 is 28.2 Å². The van der Waals surface area contributed by atoms with Gasteiger partial charge in [0.25, 0.3) is 5.69 Å². The average molecular weight is 364 g/mol. The molecule has 0 aliphatic heterocycles. The number of pyridine rings is 1. The van der Waals surface area contributed by atoms with Crippen LogP contribution in [0.15, 0.2) is 71.0 Å². The first kappa shape index (κ1) is 16.2. The molecule has 0 unspecified atom stereocenters. The summed E-state index contributed by atoms with van der Waals surface area (Å²) < 4.78 is 1.70. The highest BCUT2D eigenvalue weighted by molar-refractivity contribution is 7.99. The van der Waals surface area contributed by atoms with Crippen molar-refractivity contribution in [3.8, 4) is 0 Å². The first-order valence-electron chi connectivity index (χ1n) is 7.71. The number of nitrogens with zero attached hydrogens (tertiary/aromatic N) is 6. The van der Waals surface area contributed by atoms with E-state index >= 15 is 0 Å². The summed E-state index contributed by atoms with van der Waals surface area (Å²) in [6, 6.07) is 14.8. The average Bonchev–Trinajstić information content (AvgIpc) is 3.09. The van der Waals surface area contributed by atoms with E-state index in [-0.39, 0.29) is 5.69 Å². The molecule has 2 aromatic carbocycles.